The third kappa shape index (κ3) is 3.18. The van der Waals surface area contributed by atoms with Crippen LogP contribution in [0.1, 0.15) is 57.8 Å². The maximum absolute atomic E-state index is 12.6. The zero-order valence-corrected chi connectivity index (χ0v) is 13.8. The second kappa shape index (κ2) is 6.48. The lowest BCUT2D eigenvalue weighted by Crippen LogP contribution is -2.47. The predicted octanol–water partition coefficient (Wildman–Crippen LogP) is 1.99. The van der Waals surface area contributed by atoms with E-state index in [1.165, 1.54) is 64.5 Å². The highest BCUT2D eigenvalue weighted by Crippen LogP contribution is 2.33. The minimum absolute atomic E-state index is 0.436. The van der Waals surface area contributed by atoms with E-state index >= 15 is 0 Å². The number of likely N-dealkylation sites (tertiary alicyclic amines) is 2. The summed E-state index contributed by atoms with van der Waals surface area (Å²) in [5, 5.41) is 3.68. The highest BCUT2D eigenvalue weighted by molar-refractivity contribution is 5.76. The van der Waals surface area contributed by atoms with Gasteiger partial charge in [-0.25, -0.2) is 0 Å². The van der Waals surface area contributed by atoms with Crippen molar-refractivity contribution in [1.82, 2.24) is 15.1 Å². The number of nitrogens with zero attached hydrogens (tertiary/aromatic N) is 2. The molecule has 22 heavy (non-hydrogen) atoms. The number of rotatable bonds is 3. The number of carbonyl (C=O) groups is 1. The Kier molecular flexibility index (Phi) is 4.40. The van der Waals surface area contributed by atoms with Gasteiger partial charge in [-0.2, -0.15) is 0 Å². The molecular formula is C18H31N3O. The van der Waals surface area contributed by atoms with Crippen LogP contribution in [-0.4, -0.2) is 60.0 Å². The van der Waals surface area contributed by atoms with E-state index in [9.17, 15) is 4.79 Å². The van der Waals surface area contributed by atoms with Crippen LogP contribution in [0.2, 0.25) is 0 Å². The Morgan fingerprint density at radius 1 is 0.909 bits per heavy atom. The van der Waals surface area contributed by atoms with Gasteiger partial charge in [-0.15, -0.1) is 0 Å². The fourth-order valence-corrected chi connectivity index (χ4v) is 5.30. The van der Waals surface area contributed by atoms with Crippen LogP contribution in [-0.2, 0) is 4.79 Å². The van der Waals surface area contributed by atoms with E-state index < -0.39 is 0 Å². The van der Waals surface area contributed by atoms with Crippen molar-refractivity contribution >= 4 is 5.91 Å². The van der Waals surface area contributed by atoms with Gasteiger partial charge in [-0.1, -0.05) is 0 Å². The number of amides is 1. The van der Waals surface area contributed by atoms with Crippen molar-refractivity contribution in [3.05, 3.63) is 0 Å². The van der Waals surface area contributed by atoms with Crippen LogP contribution in [0.25, 0.3) is 0 Å². The Morgan fingerprint density at radius 2 is 1.55 bits per heavy atom. The van der Waals surface area contributed by atoms with Gasteiger partial charge in [-0.3, -0.25) is 4.79 Å². The van der Waals surface area contributed by atoms with Crippen molar-refractivity contribution in [2.24, 2.45) is 5.92 Å². The molecule has 4 aliphatic heterocycles. The van der Waals surface area contributed by atoms with Gasteiger partial charge >= 0.3 is 0 Å². The number of hydrogen-bond donors (Lipinski definition) is 1. The average molecular weight is 305 g/mol. The molecule has 4 saturated heterocycles. The molecule has 0 radical (unpaired) electrons. The highest BCUT2D eigenvalue weighted by atomic mass is 16.2. The minimum Gasteiger partial charge on any atom is -0.343 e. The molecule has 4 heteroatoms. The van der Waals surface area contributed by atoms with E-state index in [1.807, 2.05) is 0 Å². The van der Waals surface area contributed by atoms with Gasteiger partial charge in [0.25, 0.3) is 0 Å². The molecule has 2 unspecified atom stereocenters. The molecule has 124 valence electrons. The van der Waals surface area contributed by atoms with Crippen LogP contribution in [0.4, 0.5) is 0 Å². The summed E-state index contributed by atoms with van der Waals surface area (Å²) in [6.07, 6.45) is 11.1. The average Bonchev–Trinajstić information content (AvgIpc) is 3.17. The monoisotopic (exact) mass is 305 g/mol. The van der Waals surface area contributed by atoms with Gasteiger partial charge in [-0.05, 0) is 70.4 Å². The fraction of sp³-hybridized carbons (Fsp3) is 0.944. The predicted molar refractivity (Wildman–Crippen MR) is 87.7 cm³/mol. The first-order valence-electron chi connectivity index (χ1n) is 9.56. The summed E-state index contributed by atoms with van der Waals surface area (Å²) in [4.78, 5) is 17.4. The van der Waals surface area contributed by atoms with E-state index in [1.54, 1.807) is 0 Å². The first-order chi connectivity index (χ1) is 10.8. The topological polar surface area (TPSA) is 35.6 Å². The van der Waals surface area contributed by atoms with Gasteiger partial charge in [0.15, 0.2) is 0 Å². The summed E-state index contributed by atoms with van der Waals surface area (Å²) >= 11 is 0. The molecule has 4 rings (SSSR count). The molecule has 0 aliphatic carbocycles. The lowest BCUT2D eigenvalue weighted by Gasteiger charge is -2.37. The number of fused-ring (bicyclic) bond motifs is 2. The Bertz CT molecular complexity index is 387. The molecule has 1 amide bonds. The molecule has 2 atom stereocenters. The standard InChI is InChI=1S/C18H31N3O/c22-18(13-14-11-15-3-4-16(12-14)19-15)21-9-5-17(6-10-21)20-7-1-2-8-20/h14-17,19H,1-13H2. The third-order valence-electron chi connectivity index (χ3n) is 6.51. The van der Waals surface area contributed by atoms with E-state index in [-0.39, 0.29) is 0 Å². The Morgan fingerprint density at radius 3 is 2.18 bits per heavy atom. The Hall–Kier alpha value is -0.610. The quantitative estimate of drug-likeness (QED) is 0.866. The SMILES string of the molecule is O=C(CC1CC2CCC(C1)N2)N1CCC(N2CCCC2)CC1. The molecule has 0 aromatic heterocycles. The molecule has 0 aromatic rings. The maximum Gasteiger partial charge on any atom is 0.222 e. The van der Waals surface area contributed by atoms with E-state index in [0.29, 0.717) is 23.9 Å². The molecule has 2 bridgehead atoms. The fourth-order valence-electron chi connectivity index (χ4n) is 5.30. The zero-order chi connectivity index (χ0) is 14.9. The third-order valence-corrected chi connectivity index (χ3v) is 6.51. The van der Waals surface area contributed by atoms with Gasteiger partial charge in [0, 0.05) is 37.6 Å². The van der Waals surface area contributed by atoms with Crippen LogP contribution < -0.4 is 5.32 Å². The second-order valence-electron chi connectivity index (χ2n) is 8.03. The van der Waals surface area contributed by atoms with Crippen LogP contribution >= 0.6 is 0 Å². The molecule has 0 spiro atoms. The van der Waals surface area contributed by atoms with Crippen LogP contribution in [0.3, 0.4) is 0 Å². The number of piperidine rings is 2. The van der Waals surface area contributed by atoms with Crippen LogP contribution in [0.15, 0.2) is 0 Å². The van der Waals surface area contributed by atoms with Crippen molar-refractivity contribution in [2.75, 3.05) is 26.2 Å². The van der Waals surface area contributed by atoms with Crippen molar-refractivity contribution in [3.8, 4) is 0 Å². The summed E-state index contributed by atoms with van der Waals surface area (Å²) in [7, 11) is 0. The molecular weight excluding hydrogens is 274 g/mol. The summed E-state index contributed by atoms with van der Waals surface area (Å²) < 4.78 is 0. The maximum atomic E-state index is 12.6. The Balaban J connectivity index is 1.24. The molecule has 4 aliphatic rings. The first kappa shape index (κ1) is 14.9. The summed E-state index contributed by atoms with van der Waals surface area (Å²) in [6.45, 7) is 4.57. The van der Waals surface area contributed by atoms with Crippen LogP contribution in [0, 0.1) is 5.92 Å². The summed E-state index contributed by atoms with van der Waals surface area (Å²) in [5.41, 5.74) is 0. The van der Waals surface area contributed by atoms with Gasteiger partial charge < -0.3 is 15.1 Å². The molecule has 0 aromatic carbocycles. The smallest absolute Gasteiger partial charge is 0.222 e. The molecule has 1 N–H and O–H groups in total. The van der Waals surface area contributed by atoms with Crippen LogP contribution in [0.5, 0.6) is 0 Å². The van der Waals surface area contributed by atoms with E-state index in [0.717, 1.165) is 25.6 Å². The van der Waals surface area contributed by atoms with Gasteiger partial charge in [0.2, 0.25) is 5.91 Å². The lowest BCUT2D eigenvalue weighted by atomic mass is 9.89. The van der Waals surface area contributed by atoms with Crippen molar-refractivity contribution < 1.29 is 4.79 Å². The van der Waals surface area contributed by atoms with Crippen molar-refractivity contribution in [3.63, 3.8) is 0 Å². The highest BCUT2D eigenvalue weighted by Gasteiger charge is 2.35. The second-order valence-corrected chi connectivity index (χ2v) is 8.03. The van der Waals surface area contributed by atoms with Crippen molar-refractivity contribution in [2.45, 2.75) is 75.9 Å². The van der Waals surface area contributed by atoms with E-state index in [4.69, 9.17) is 0 Å². The van der Waals surface area contributed by atoms with Gasteiger partial charge in [0.05, 0.1) is 0 Å². The molecule has 0 saturated carbocycles. The largest absolute Gasteiger partial charge is 0.343 e. The van der Waals surface area contributed by atoms with E-state index in [2.05, 4.69) is 15.1 Å². The molecule has 4 fully saturated rings. The minimum atomic E-state index is 0.436. The molecule has 4 heterocycles. The zero-order valence-electron chi connectivity index (χ0n) is 13.8. The van der Waals surface area contributed by atoms with Gasteiger partial charge in [0.1, 0.15) is 0 Å². The molecule has 4 nitrogen and oxygen atoms in total. The number of nitrogens with one attached hydrogen (secondary N) is 1. The summed E-state index contributed by atoms with van der Waals surface area (Å²) in [6, 6.07) is 2.16. The van der Waals surface area contributed by atoms with Crippen molar-refractivity contribution in [1.29, 1.82) is 0 Å². The Labute approximate surface area is 134 Å². The number of hydrogen-bond acceptors (Lipinski definition) is 3. The number of carbonyl (C=O) groups excluding carboxylic acids is 1. The lowest BCUT2D eigenvalue weighted by molar-refractivity contribution is -0.134. The first-order valence-corrected chi connectivity index (χ1v) is 9.56. The normalized spacial score (nSPS) is 36.9. The summed E-state index contributed by atoms with van der Waals surface area (Å²) in [5.74, 6) is 1.08.